The van der Waals surface area contributed by atoms with E-state index in [9.17, 15) is 0 Å². The van der Waals surface area contributed by atoms with Gasteiger partial charge in [0, 0.05) is 67.0 Å². The quantitative estimate of drug-likeness (QED) is 0.0959. The Kier molecular flexibility index (Phi) is 16.7. The molecule has 2 aliphatic carbocycles. The van der Waals surface area contributed by atoms with Crippen LogP contribution in [0, 0.1) is 0 Å². The summed E-state index contributed by atoms with van der Waals surface area (Å²) < 4.78 is 4.88. The topological polar surface area (TPSA) is 16.3 Å². The molecule has 4 heteroatoms. The number of fused-ring (bicyclic) bond motifs is 12. The van der Waals surface area contributed by atoms with E-state index in [2.05, 4.69) is 492 Å². The minimum Gasteiger partial charge on any atom is -0.310 e. The van der Waals surface area contributed by atoms with Crippen molar-refractivity contribution in [3.8, 4) is 78.1 Å². The fourth-order valence-corrected chi connectivity index (χ4v) is 20.2. The summed E-state index contributed by atoms with van der Waals surface area (Å²) in [6.07, 6.45) is 0. The summed E-state index contributed by atoms with van der Waals surface area (Å²) in [5, 5.41) is 4.83. The Morgan fingerprint density at radius 2 is 0.492 bits per heavy atom. The van der Waals surface area contributed by atoms with Crippen LogP contribution in [-0.2, 0) is 10.8 Å². The summed E-state index contributed by atoms with van der Waals surface area (Å²) in [6.45, 7) is 0. The largest absolute Gasteiger partial charge is 0.310 e. The van der Waals surface area contributed by atoms with Gasteiger partial charge in [-0.2, -0.15) is 0 Å². The lowest BCUT2D eigenvalue weighted by molar-refractivity contribution is 0.768. The van der Waals surface area contributed by atoms with Crippen molar-refractivity contribution in [3.63, 3.8) is 0 Å². The van der Waals surface area contributed by atoms with E-state index >= 15 is 0 Å². The summed E-state index contributed by atoms with van der Waals surface area (Å²) in [7, 11) is 0. The molecule has 120 heavy (non-hydrogen) atoms. The van der Waals surface area contributed by atoms with Gasteiger partial charge in [-0.25, -0.2) is 0 Å². The second-order valence-corrected chi connectivity index (χ2v) is 31.8. The molecule has 2 aliphatic rings. The number of para-hydroxylation sites is 4. The van der Waals surface area contributed by atoms with Crippen molar-refractivity contribution in [3.05, 3.63) is 518 Å². The van der Waals surface area contributed by atoms with Crippen LogP contribution < -0.4 is 9.80 Å². The molecule has 0 aliphatic heterocycles. The van der Waals surface area contributed by atoms with Gasteiger partial charge in [-0.15, -0.1) is 0 Å². The van der Waals surface area contributed by atoms with Crippen LogP contribution in [0.15, 0.2) is 473 Å². The van der Waals surface area contributed by atoms with E-state index < -0.39 is 10.8 Å². The van der Waals surface area contributed by atoms with E-state index in [4.69, 9.17) is 0 Å². The Balaban J connectivity index is 0.644. The Hall–Kier alpha value is -15.6. The maximum atomic E-state index is 2.50. The van der Waals surface area contributed by atoms with Crippen LogP contribution in [-0.4, -0.2) is 9.13 Å². The third-order valence-electron chi connectivity index (χ3n) is 25.4. The number of hydrogen-bond donors (Lipinski definition) is 0. The molecule has 1 unspecified atom stereocenters. The number of nitrogens with zero attached hydrogens (tertiary/aromatic N) is 4. The average Bonchev–Trinajstić information content (AvgIpc) is 1.51. The number of anilines is 6. The molecule has 1 atom stereocenters. The molecule has 2 heterocycles. The molecule has 19 aromatic carbocycles. The third-order valence-corrected chi connectivity index (χ3v) is 25.4. The highest BCUT2D eigenvalue weighted by molar-refractivity contribution is 6.12. The Bertz CT molecular complexity index is 7370. The lowest BCUT2D eigenvalue weighted by Crippen LogP contribution is -2.29. The molecule has 0 bridgehead atoms. The highest BCUT2D eigenvalue weighted by atomic mass is 15.2. The number of rotatable bonds is 16. The summed E-state index contributed by atoms with van der Waals surface area (Å²) in [5.41, 5.74) is 36.0. The minimum absolute atomic E-state index is 0.675. The molecule has 0 spiro atoms. The third kappa shape index (κ3) is 11.2. The normalized spacial score (nSPS) is 13.6. The first kappa shape index (κ1) is 69.8. The fourth-order valence-electron chi connectivity index (χ4n) is 20.2. The number of aromatic nitrogens is 2. The zero-order valence-corrected chi connectivity index (χ0v) is 65.8. The molecule has 0 saturated heterocycles. The van der Waals surface area contributed by atoms with E-state index in [1.165, 1.54) is 133 Å². The Morgan fingerprint density at radius 1 is 0.158 bits per heavy atom. The van der Waals surface area contributed by atoms with E-state index in [-0.39, 0.29) is 0 Å². The first-order valence-corrected chi connectivity index (χ1v) is 41.5. The Labute approximate surface area is 698 Å². The predicted octanol–water partition coefficient (Wildman–Crippen LogP) is 30.2. The highest BCUT2D eigenvalue weighted by Crippen LogP contribution is 2.61. The smallest absolute Gasteiger partial charge is 0.0714 e. The van der Waals surface area contributed by atoms with Crippen LogP contribution in [0.5, 0.6) is 0 Å². The van der Waals surface area contributed by atoms with E-state index in [0.717, 1.165) is 67.7 Å². The van der Waals surface area contributed by atoms with Gasteiger partial charge < -0.3 is 18.9 Å². The van der Waals surface area contributed by atoms with Gasteiger partial charge in [-0.1, -0.05) is 334 Å². The number of hydrogen-bond acceptors (Lipinski definition) is 2. The monoisotopic (exact) mass is 1530 g/mol. The van der Waals surface area contributed by atoms with Crippen molar-refractivity contribution < 1.29 is 0 Å². The van der Waals surface area contributed by atoms with Crippen LogP contribution in [0.1, 0.15) is 44.5 Å². The van der Waals surface area contributed by atoms with Crippen LogP contribution in [0.25, 0.3) is 122 Å². The number of benzene rings is 19. The van der Waals surface area contributed by atoms with E-state index in [1.807, 2.05) is 0 Å². The molecule has 21 aromatic rings. The van der Waals surface area contributed by atoms with Crippen LogP contribution >= 0.6 is 0 Å². The molecule has 0 N–H and O–H groups in total. The van der Waals surface area contributed by atoms with Crippen molar-refractivity contribution >= 4 is 77.7 Å². The summed E-state index contributed by atoms with van der Waals surface area (Å²) in [6, 6.07) is 176. The predicted molar refractivity (Wildman–Crippen MR) is 501 cm³/mol. The summed E-state index contributed by atoms with van der Waals surface area (Å²) >= 11 is 0. The van der Waals surface area contributed by atoms with Gasteiger partial charge in [-0.05, 0) is 251 Å². The van der Waals surface area contributed by atoms with Gasteiger partial charge in [0.15, 0.2) is 0 Å². The summed E-state index contributed by atoms with van der Waals surface area (Å²) in [4.78, 5) is 4.89. The lowest BCUT2D eigenvalue weighted by Gasteiger charge is -2.35. The van der Waals surface area contributed by atoms with Crippen molar-refractivity contribution in [1.82, 2.24) is 9.13 Å². The van der Waals surface area contributed by atoms with Crippen molar-refractivity contribution in [2.45, 2.75) is 10.8 Å². The van der Waals surface area contributed by atoms with Crippen molar-refractivity contribution in [2.24, 2.45) is 0 Å². The molecule has 0 radical (unpaired) electrons. The van der Waals surface area contributed by atoms with Gasteiger partial charge in [0.05, 0.1) is 32.9 Å². The van der Waals surface area contributed by atoms with Crippen LogP contribution in [0.2, 0.25) is 0 Å². The van der Waals surface area contributed by atoms with Gasteiger partial charge >= 0.3 is 0 Å². The molecule has 2 aromatic heterocycles. The van der Waals surface area contributed by atoms with Gasteiger partial charge in [0.1, 0.15) is 0 Å². The molecule has 23 rings (SSSR count). The van der Waals surface area contributed by atoms with Crippen molar-refractivity contribution in [1.29, 1.82) is 0 Å². The molecular formula is C116H78N4. The van der Waals surface area contributed by atoms with Gasteiger partial charge in [0.25, 0.3) is 0 Å². The molecular weight excluding hydrogens is 1450 g/mol. The van der Waals surface area contributed by atoms with E-state index in [0.29, 0.717) is 0 Å². The minimum atomic E-state index is -0.705. The van der Waals surface area contributed by atoms with Gasteiger partial charge in [0.2, 0.25) is 0 Å². The second-order valence-electron chi connectivity index (χ2n) is 31.8. The van der Waals surface area contributed by atoms with Crippen LogP contribution in [0.4, 0.5) is 34.1 Å². The van der Waals surface area contributed by atoms with E-state index in [1.54, 1.807) is 0 Å². The standard InChI is InChI=1S/C116H78N4/c1-9-31-79(32-10-1)84-56-69-113-105(75-84)102-48-26-29-51-111(102)119(113)94-61-59-93(60-62-94)117(91-43-21-7-22-44-91)96-64-67-101-104-74-83(55-68-108(104)115(110(101)77-96,87-37-15-4-16-38-87)88-39-17-5-18-40-88)82-53-57-90(58-54-82)116(89-41-19-6-20-42-89)107-50-28-25-47-99(107)100-66-63-97(78-109(100)116)118(92-45-23-8-24-46-92)95-65-70-114-106(76-95)103-49-27-30-52-112(103)120(114)98-72-85(80-33-11-2-12-34-80)71-86(73-98)81-35-13-3-14-36-81/h1-78H. The zero-order valence-electron chi connectivity index (χ0n) is 65.8. The molecule has 0 fully saturated rings. The SMILES string of the molecule is c1ccc(-c2cc(-c3ccccc3)cc(-n3c4ccccc4c4cc(N(c5ccccc5)c5ccc6c(c5)C(c5ccccc5)(c5ccc(-c7ccc8c(c7)-c7ccc(N(c9ccccc9)c9ccc(-n%10c%11ccccc%11c%11cc(-c%12ccccc%12)ccc%11%10)cc9)cc7C8(c7ccccc7)c7ccccc7)cc5)c5ccccc5-6)ccc43)c2)cc1. The van der Waals surface area contributed by atoms with Crippen molar-refractivity contribution in [2.75, 3.05) is 9.80 Å². The first-order chi connectivity index (χ1) is 59.5. The maximum Gasteiger partial charge on any atom is 0.0714 e. The second kappa shape index (κ2) is 28.7. The molecule has 562 valence electrons. The Morgan fingerprint density at radius 3 is 1.02 bits per heavy atom. The summed E-state index contributed by atoms with van der Waals surface area (Å²) in [5.74, 6) is 0. The molecule has 4 nitrogen and oxygen atoms in total. The van der Waals surface area contributed by atoms with Gasteiger partial charge in [-0.3, -0.25) is 0 Å². The fraction of sp³-hybridized carbons (Fsp3) is 0.0172. The highest BCUT2D eigenvalue weighted by Gasteiger charge is 2.49. The molecule has 0 amide bonds. The maximum absolute atomic E-state index is 2.50. The van der Waals surface area contributed by atoms with Crippen LogP contribution in [0.3, 0.4) is 0 Å². The zero-order chi connectivity index (χ0) is 79.2. The first-order valence-electron chi connectivity index (χ1n) is 41.5. The molecule has 0 saturated carbocycles. The lowest BCUT2D eigenvalue weighted by atomic mass is 9.67. The average molecular weight is 1530 g/mol.